The lowest BCUT2D eigenvalue weighted by atomic mass is 9.84. The van der Waals surface area contributed by atoms with Crippen molar-refractivity contribution in [2.24, 2.45) is 5.92 Å². The molecule has 1 saturated carbocycles. The van der Waals surface area contributed by atoms with E-state index in [0.29, 0.717) is 53.8 Å². The summed E-state index contributed by atoms with van der Waals surface area (Å²) < 4.78 is 46.2. The molecule has 0 bridgehead atoms. The van der Waals surface area contributed by atoms with Gasteiger partial charge in [-0.2, -0.15) is 8.42 Å². The number of ether oxygens (including phenoxy) is 2. The van der Waals surface area contributed by atoms with Crippen LogP contribution in [0.2, 0.25) is 0 Å². The van der Waals surface area contributed by atoms with Gasteiger partial charge in [0.1, 0.15) is 30.0 Å². The number of Topliss-reactive ketones (excluding diaryl/α,β-unsaturated/α-hetero) is 1. The van der Waals surface area contributed by atoms with E-state index in [4.69, 9.17) is 13.9 Å². The fourth-order valence-corrected chi connectivity index (χ4v) is 8.47. The summed E-state index contributed by atoms with van der Waals surface area (Å²) in [6.07, 6.45) is 7.00. The van der Waals surface area contributed by atoms with E-state index in [1.165, 1.54) is 18.3 Å². The largest absolute Gasteiger partial charge is 0.492 e. The Labute approximate surface area is 286 Å². The number of rotatable bonds is 12. The van der Waals surface area contributed by atoms with Gasteiger partial charge in [-0.3, -0.25) is 19.3 Å². The van der Waals surface area contributed by atoms with E-state index >= 15 is 0 Å². The number of carbonyl (C=O) groups excluding carboxylic acids is 3. The molecule has 4 heterocycles. The van der Waals surface area contributed by atoms with Gasteiger partial charge in [-0.1, -0.05) is 38.2 Å². The van der Waals surface area contributed by atoms with Gasteiger partial charge in [0.15, 0.2) is 16.6 Å². The second-order valence-electron chi connectivity index (χ2n) is 13.0. The molecule has 49 heavy (non-hydrogen) atoms. The number of nitrogens with zero attached hydrogens (tertiary/aromatic N) is 3. The van der Waals surface area contributed by atoms with Crippen LogP contribution in [-0.4, -0.2) is 105 Å². The minimum atomic E-state index is -4.55. The smallest absolute Gasteiger partial charge is 0.287 e. The van der Waals surface area contributed by atoms with Crippen molar-refractivity contribution in [2.75, 3.05) is 52.5 Å². The fourth-order valence-electron chi connectivity index (χ4n) is 6.90. The van der Waals surface area contributed by atoms with Gasteiger partial charge in [0.2, 0.25) is 0 Å². The SMILES string of the molecule is O=C(NC(CC1CCCCC1)C(=O)N([C@H]1CCCNCC1=O)S(=O)(=O)c1ccccn1)c1cc2cc(OCCN3CCOCC3)ccc2o1. The van der Waals surface area contributed by atoms with Gasteiger partial charge in [-0.25, -0.2) is 9.29 Å². The number of aromatic nitrogens is 1. The molecule has 13 nitrogen and oxygen atoms in total. The molecule has 2 aliphatic heterocycles. The zero-order valence-electron chi connectivity index (χ0n) is 27.7. The third-order valence-electron chi connectivity index (χ3n) is 9.55. The summed E-state index contributed by atoms with van der Waals surface area (Å²) in [4.78, 5) is 48.0. The van der Waals surface area contributed by atoms with Crippen LogP contribution in [0.25, 0.3) is 11.0 Å². The highest BCUT2D eigenvalue weighted by molar-refractivity contribution is 7.89. The number of carbonyl (C=O) groups is 3. The summed E-state index contributed by atoms with van der Waals surface area (Å²) in [5, 5.41) is 6.14. The molecule has 0 spiro atoms. The number of morpholine rings is 1. The predicted molar refractivity (Wildman–Crippen MR) is 181 cm³/mol. The molecule has 2 saturated heterocycles. The topological polar surface area (TPSA) is 160 Å². The van der Waals surface area contributed by atoms with E-state index in [1.54, 1.807) is 30.3 Å². The molecule has 264 valence electrons. The van der Waals surface area contributed by atoms with E-state index < -0.39 is 39.7 Å². The molecule has 6 rings (SSSR count). The van der Waals surface area contributed by atoms with Gasteiger partial charge in [0.25, 0.3) is 21.8 Å². The molecular weight excluding hydrogens is 650 g/mol. The Hall–Kier alpha value is -3.85. The Morgan fingerprint density at radius 1 is 1.06 bits per heavy atom. The zero-order valence-corrected chi connectivity index (χ0v) is 28.5. The molecule has 2 amide bonds. The molecule has 1 unspecified atom stereocenters. The molecule has 3 aliphatic rings. The van der Waals surface area contributed by atoms with Crippen LogP contribution in [0.1, 0.15) is 61.9 Å². The number of sulfonamides is 1. The van der Waals surface area contributed by atoms with Gasteiger partial charge in [-0.15, -0.1) is 0 Å². The van der Waals surface area contributed by atoms with E-state index in [9.17, 15) is 22.8 Å². The minimum absolute atomic E-state index is 0.0178. The Morgan fingerprint density at radius 3 is 2.65 bits per heavy atom. The lowest BCUT2D eigenvalue weighted by molar-refractivity contribution is -0.135. The van der Waals surface area contributed by atoms with Crippen LogP contribution in [-0.2, 0) is 24.3 Å². The number of amides is 2. The molecule has 14 heteroatoms. The minimum Gasteiger partial charge on any atom is -0.492 e. The first-order valence-corrected chi connectivity index (χ1v) is 18.7. The number of furan rings is 1. The summed E-state index contributed by atoms with van der Waals surface area (Å²) >= 11 is 0. The van der Waals surface area contributed by atoms with Gasteiger partial charge in [0, 0.05) is 31.2 Å². The quantitative estimate of drug-likeness (QED) is 0.287. The molecule has 3 fully saturated rings. The van der Waals surface area contributed by atoms with Crippen LogP contribution in [0.4, 0.5) is 0 Å². The highest BCUT2D eigenvalue weighted by Gasteiger charge is 2.44. The maximum absolute atomic E-state index is 14.6. The molecule has 1 aliphatic carbocycles. The van der Waals surface area contributed by atoms with Crippen LogP contribution < -0.4 is 15.4 Å². The maximum Gasteiger partial charge on any atom is 0.287 e. The van der Waals surface area contributed by atoms with Crippen molar-refractivity contribution in [3.8, 4) is 5.75 Å². The van der Waals surface area contributed by atoms with E-state index in [-0.39, 0.29) is 36.1 Å². The van der Waals surface area contributed by atoms with E-state index in [0.717, 1.165) is 51.7 Å². The summed E-state index contributed by atoms with van der Waals surface area (Å²) in [5.41, 5.74) is 0.469. The summed E-state index contributed by atoms with van der Waals surface area (Å²) in [7, 11) is -4.55. The van der Waals surface area contributed by atoms with Crippen LogP contribution in [0.15, 0.2) is 58.1 Å². The third kappa shape index (κ3) is 8.66. The number of pyridine rings is 1. The lowest BCUT2D eigenvalue weighted by Crippen LogP contribution is -2.57. The molecule has 3 aromatic rings. The Morgan fingerprint density at radius 2 is 1.88 bits per heavy atom. The summed E-state index contributed by atoms with van der Waals surface area (Å²) in [6.45, 7) is 4.89. The van der Waals surface area contributed by atoms with Crippen LogP contribution in [0, 0.1) is 5.92 Å². The average Bonchev–Trinajstić information content (AvgIpc) is 3.44. The molecule has 2 N–H and O–H groups in total. The number of hydrogen-bond donors (Lipinski definition) is 2. The highest BCUT2D eigenvalue weighted by Crippen LogP contribution is 2.30. The van der Waals surface area contributed by atoms with Crippen molar-refractivity contribution in [1.29, 1.82) is 0 Å². The standard InChI is InChI=1S/C35H45N5O8S/c41-30-24-36-13-6-9-29(30)40(49(44,45)33-10-4-5-14-37-33)35(43)28(21-25-7-2-1-3-8-25)38-34(42)32-23-26-22-27(11-12-31(26)48-32)47-20-17-39-15-18-46-19-16-39/h4-5,10-12,14,22-23,25,28-29,36H,1-3,6-9,13,15-21,24H2,(H,38,42)/t28?,29-/m0/s1. The summed E-state index contributed by atoms with van der Waals surface area (Å²) in [6, 6.07) is 8.84. The Balaban J connectivity index is 1.24. The van der Waals surface area contributed by atoms with Gasteiger partial charge < -0.3 is 24.5 Å². The van der Waals surface area contributed by atoms with Crippen molar-refractivity contribution >= 4 is 38.6 Å². The molecule has 0 radical (unpaired) electrons. The zero-order chi connectivity index (χ0) is 34.2. The monoisotopic (exact) mass is 695 g/mol. The Kier molecular flexibility index (Phi) is 11.6. The molecule has 2 atom stereocenters. The third-order valence-corrected chi connectivity index (χ3v) is 11.3. The second kappa shape index (κ2) is 16.2. The Bertz CT molecular complexity index is 1700. The first kappa shape index (κ1) is 35.0. The van der Waals surface area contributed by atoms with Crippen molar-refractivity contribution in [1.82, 2.24) is 24.8 Å². The summed E-state index contributed by atoms with van der Waals surface area (Å²) in [5.74, 6) is -1.19. The number of benzene rings is 1. The first-order valence-electron chi connectivity index (χ1n) is 17.3. The first-order chi connectivity index (χ1) is 23.8. The normalized spacial score (nSPS) is 20.4. The number of ketones is 1. The fraction of sp³-hybridized carbons (Fsp3) is 0.543. The van der Waals surface area contributed by atoms with Crippen LogP contribution >= 0.6 is 0 Å². The van der Waals surface area contributed by atoms with Crippen molar-refractivity contribution < 1.29 is 36.7 Å². The predicted octanol–water partition coefficient (Wildman–Crippen LogP) is 3.15. The molecule has 2 aromatic heterocycles. The van der Waals surface area contributed by atoms with Crippen molar-refractivity contribution in [3.05, 3.63) is 54.4 Å². The second-order valence-corrected chi connectivity index (χ2v) is 14.7. The average molecular weight is 696 g/mol. The highest BCUT2D eigenvalue weighted by atomic mass is 32.2. The molecule has 1 aromatic carbocycles. The van der Waals surface area contributed by atoms with Gasteiger partial charge in [0.05, 0.1) is 19.8 Å². The van der Waals surface area contributed by atoms with E-state index in [2.05, 4.69) is 20.5 Å². The van der Waals surface area contributed by atoms with E-state index in [1.807, 2.05) is 0 Å². The lowest BCUT2D eigenvalue weighted by Gasteiger charge is -2.33. The van der Waals surface area contributed by atoms with Crippen molar-refractivity contribution in [3.63, 3.8) is 0 Å². The maximum atomic E-state index is 14.6. The van der Waals surface area contributed by atoms with Gasteiger partial charge >= 0.3 is 0 Å². The van der Waals surface area contributed by atoms with Gasteiger partial charge in [-0.05, 0) is 68.1 Å². The van der Waals surface area contributed by atoms with Crippen molar-refractivity contribution in [2.45, 2.75) is 68.5 Å². The number of nitrogens with one attached hydrogen (secondary N) is 2. The number of fused-ring (bicyclic) bond motifs is 1. The van der Waals surface area contributed by atoms with Crippen LogP contribution in [0.3, 0.4) is 0 Å². The molecular formula is C35H45N5O8S. The number of hydrogen-bond acceptors (Lipinski definition) is 11. The van der Waals surface area contributed by atoms with Crippen LogP contribution in [0.5, 0.6) is 5.75 Å².